The molecule has 0 spiro atoms. The first-order chi connectivity index (χ1) is 17.1. The maximum atomic E-state index is 13.1. The van der Waals surface area contributed by atoms with E-state index in [1.165, 1.54) is 11.3 Å². The zero-order chi connectivity index (χ0) is 24.2. The van der Waals surface area contributed by atoms with Gasteiger partial charge in [-0.25, -0.2) is 4.98 Å². The van der Waals surface area contributed by atoms with Crippen LogP contribution in [0.15, 0.2) is 58.7 Å². The third-order valence-electron chi connectivity index (χ3n) is 6.13. The normalized spacial score (nSPS) is 15.1. The van der Waals surface area contributed by atoms with Gasteiger partial charge in [-0.05, 0) is 42.8 Å². The van der Waals surface area contributed by atoms with E-state index in [0.29, 0.717) is 41.7 Å². The fourth-order valence-corrected chi connectivity index (χ4v) is 4.96. The maximum absolute atomic E-state index is 13.1. The lowest BCUT2D eigenvalue weighted by molar-refractivity contribution is 0.0698. The van der Waals surface area contributed by atoms with Crippen molar-refractivity contribution in [2.75, 3.05) is 13.2 Å². The van der Waals surface area contributed by atoms with Gasteiger partial charge in [0.25, 0.3) is 11.8 Å². The van der Waals surface area contributed by atoms with E-state index in [-0.39, 0.29) is 23.9 Å². The summed E-state index contributed by atoms with van der Waals surface area (Å²) in [6.07, 6.45) is 7.34. The van der Waals surface area contributed by atoms with E-state index in [1.807, 2.05) is 30.5 Å². The number of amides is 2. The molecule has 1 unspecified atom stereocenters. The molecule has 0 bridgehead atoms. The highest BCUT2D eigenvalue weighted by molar-refractivity contribution is 7.12. The van der Waals surface area contributed by atoms with Crippen LogP contribution in [0.1, 0.15) is 58.0 Å². The first-order valence-corrected chi connectivity index (χ1v) is 12.6. The van der Waals surface area contributed by atoms with Crippen molar-refractivity contribution in [3.05, 3.63) is 70.5 Å². The molecule has 2 N–H and O–H groups in total. The van der Waals surface area contributed by atoms with Gasteiger partial charge in [0, 0.05) is 53.5 Å². The molecule has 5 rings (SSSR count). The van der Waals surface area contributed by atoms with Crippen LogP contribution in [0, 0.1) is 0 Å². The highest BCUT2D eigenvalue weighted by atomic mass is 32.1. The topological polar surface area (TPSA) is 106 Å². The Bertz CT molecular complexity index is 1340. The predicted molar refractivity (Wildman–Crippen MR) is 133 cm³/mol. The average molecular weight is 491 g/mol. The molecule has 4 aromatic rings. The Morgan fingerprint density at radius 3 is 2.86 bits per heavy atom. The molecule has 0 saturated carbocycles. The number of fused-ring (bicyclic) bond motifs is 1. The van der Waals surface area contributed by atoms with Crippen molar-refractivity contribution < 1.29 is 18.7 Å². The summed E-state index contributed by atoms with van der Waals surface area (Å²) in [6, 6.07) is 9.01. The van der Waals surface area contributed by atoms with E-state index in [0.717, 1.165) is 29.2 Å². The maximum Gasteiger partial charge on any atom is 0.261 e. The number of carbonyl (C=O) groups is 2. The summed E-state index contributed by atoms with van der Waals surface area (Å²) in [7, 11) is 0. The summed E-state index contributed by atoms with van der Waals surface area (Å²) in [5, 5.41) is 9.74. The van der Waals surface area contributed by atoms with Crippen LogP contribution in [0.3, 0.4) is 0 Å². The van der Waals surface area contributed by atoms with Gasteiger partial charge in [-0.3, -0.25) is 14.6 Å². The molecule has 3 aromatic heterocycles. The van der Waals surface area contributed by atoms with E-state index < -0.39 is 0 Å². The Balaban J connectivity index is 1.28. The Labute approximate surface area is 206 Å². The van der Waals surface area contributed by atoms with Crippen LogP contribution in [-0.2, 0) is 4.74 Å². The van der Waals surface area contributed by atoms with E-state index in [2.05, 4.69) is 20.6 Å². The van der Waals surface area contributed by atoms with Crippen molar-refractivity contribution in [1.82, 2.24) is 20.6 Å². The molecular weight excluding hydrogens is 464 g/mol. The van der Waals surface area contributed by atoms with Gasteiger partial charge < -0.3 is 19.8 Å². The molecule has 180 valence electrons. The van der Waals surface area contributed by atoms with Crippen molar-refractivity contribution in [2.45, 2.75) is 38.3 Å². The van der Waals surface area contributed by atoms with Crippen molar-refractivity contribution in [3.8, 4) is 11.5 Å². The highest BCUT2D eigenvalue weighted by Crippen LogP contribution is 2.29. The van der Waals surface area contributed by atoms with Gasteiger partial charge in [-0.15, -0.1) is 11.3 Å². The van der Waals surface area contributed by atoms with Crippen molar-refractivity contribution in [2.24, 2.45) is 0 Å². The van der Waals surface area contributed by atoms with Crippen molar-refractivity contribution in [1.29, 1.82) is 0 Å². The van der Waals surface area contributed by atoms with Gasteiger partial charge in [0.05, 0.1) is 17.1 Å². The SMILES string of the molecule is CCC(NC(=O)c1cccc2cnccc12)c1cnc(-c2csc(C(=O)NC3CCOCC3)c2)o1. The summed E-state index contributed by atoms with van der Waals surface area (Å²) < 4.78 is 11.4. The number of rotatable bonds is 7. The predicted octanol–water partition coefficient (Wildman–Crippen LogP) is 4.74. The van der Waals surface area contributed by atoms with Crippen LogP contribution in [0.2, 0.25) is 0 Å². The number of nitrogens with one attached hydrogen (secondary N) is 2. The standard InChI is InChI=1S/C26H26N4O4S/c1-2-21(30-24(31)20-5-3-4-16-13-27-9-6-19(16)20)22-14-28-26(34-22)17-12-23(35-15-17)25(32)29-18-7-10-33-11-8-18/h3-6,9,12-15,18,21H,2,7-8,10-11H2,1H3,(H,29,32)(H,30,31). The van der Waals surface area contributed by atoms with Gasteiger partial charge in [0.2, 0.25) is 5.89 Å². The summed E-state index contributed by atoms with van der Waals surface area (Å²) >= 11 is 1.36. The summed E-state index contributed by atoms with van der Waals surface area (Å²) in [5.41, 5.74) is 1.32. The smallest absolute Gasteiger partial charge is 0.261 e. The Hall–Kier alpha value is -3.56. The van der Waals surface area contributed by atoms with Crippen LogP contribution >= 0.6 is 11.3 Å². The fraction of sp³-hybridized carbons (Fsp3) is 0.308. The second kappa shape index (κ2) is 10.4. The minimum Gasteiger partial charge on any atom is -0.439 e. The lowest BCUT2D eigenvalue weighted by Gasteiger charge is -2.22. The van der Waals surface area contributed by atoms with Crippen LogP contribution in [0.5, 0.6) is 0 Å². The van der Waals surface area contributed by atoms with Crippen molar-refractivity contribution >= 4 is 33.9 Å². The van der Waals surface area contributed by atoms with Gasteiger partial charge in [0.1, 0.15) is 5.76 Å². The molecular formula is C26H26N4O4S. The number of pyridine rings is 1. The quantitative estimate of drug-likeness (QED) is 0.388. The number of benzene rings is 1. The molecule has 0 radical (unpaired) electrons. The first-order valence-electron chi connectivity index (χ1n) is 11.7. The zero-order valence-electron chi connectivity index (χ0n) is 19.3. The number of oxazole rings is 1. The fourth-order valence-electron chi connectivity index (χ4n) is 4.18. The van der Waals surface area contributed by atoms with Gasteiger partial charge in [0.15, 0.2) is 0 Å². The minimum atomic E-state index is -0.337. The lowest BCUT2D eigenvalue weighted by atomic mass is 10.1. The highest BCUT2D eigenvalue weighted by Gasteiger charge is 2.22. The number of thiophene rings is 1. The van der Waals surface area contributed by atoms with E-state index >= 15 is 0 Å². The molecule has 4 heterocycles. The van der Waals surface area contributed by atoms with Crippen LogP contribution in [-0.4, -0.2) is 41.0 Å². The average Bonchev–Trinajstić information content (AvgIpc) is 3.58. The third-order valence-corrected chi connectivity index (χ3v) is 7.06. The van der Waals surface area contributed by atoms with E-state index in [4.69, 9.17) is 9.15 Å². The number of ether oxygens (including phenoxy) is 1. The number of hydrogen-bond acceptors (Lipinski definition) is 7. The van der Waals surface area contributed by atoms with Gasteiger partial charge >= 0.3 is 0 Å². The number of hydrogen-bond donors (Lipinski definition) is 2. The molecule has 1 aliphatic rings. The molecule has 2 amide bonds. The lowest BCUT2D eigenvalue weighted by Crippen LogP contribution is -2.38. The summed E-state index contributed by atoms with van der Waals surface area (Å²) in [4.78, 5) is 34.8. The molecule has 9 heteroatoms. The monoisotopic (exact) mass is 490 g/mol. The molecule has 1 atom stereocenters. The summed E-state index contributed by atoms with van der Waals surface area (Å²) in [6.45, 7) is 3.32. The first kappa shape index (κ1) is 23.2. The Kier molecular flexibility index (Phi) is 6.87. The molecule has 8 nitrogen and oxygen atoms in total. The molecule has 35 heavy (non-hydrogen) atoms. The van der Waals surface area contributed by atoms with E-state index in [1.54, 1.807) is 30.7 Å². The third kappa shape index (κ3) is 5.11. The zero-order valence-corrected chi connectivity index (χ0v) is 20.1. The second-order valence-corrected chi connectivity index (χ2v) is 9.38. The Morgan fingerprint density at radius 1 is 1.17 bits per heavy atom. The second-order valence-electron chi connectivity index (χ2n) is 8.46. The molecule has 1 saturated heterocycles. The summed E-state index contributed by atoms with van der Waals surface area (Å²) in [5.74, 6) is 0.709. The number of aromatic nitrogens is 2. The van der Waals surface area contributed by atoms with Gasteiger partial charge in [-0.2, -0.15) is 0 Å². The number of nitrogens with zero attached hydrogens (tertiary/aromatic N) is 2. The van der Waals surface area contributed by atoms with Crippen LogP contribution < -0.4 is 10.6 Å². The van der Waals surface area contributed by atoms with E-state index in [9.17, 15) is 9.59 Å². The van der Waals surface area contributed by atoms with Crippen LogP contribution in [0.4, 0.5) is 0 Å². The van der Waals surface area contributed by atoms with Crippen LogP contribution in [0.25, 0.3) is 22.2 Å². The van der Waals surface area contributed by atoms with Crippen molar-refractivity contribution in [3.63, 3.8) is 0 Å². The Morgan fingerprint density at radius 2 is 2.03 bits per heavy atom. The number of carbonyl (C=O) groups excluding carboxylic acids is 2. The molecule has 1 aromatic carbocycles. The van der Waals surface area contributed by atoms with Gasteiger partial charge in [-0.1, -0.05) is 19.1 Å². The molecule has 1 fully saturated rings. The largest absolute Gasteiger partial charge is 0.439 e. The molecule has 1 aliphatic heterocycles. The molecule has 0 aliphatic carbocycles. The minimum absolute atomic E-state index is 0.0936.